The minimum atomic E-state index is 0.462. The third-order valence-electron chi connectivity index (χ3n) is 6.46. The lowest BCUT2D eigenvalue weighted by molar-refractivity contribution is 0.199. The molecule has 0 saturated carbocycles. The van der Waals surface area contributed by atoms with E-state index >= 15 is 0 Å². The van der Waals surface area contributed by atoms with Gasteiger partial charge in [0, 0.05) is 18.1 Å². The predicted molar refractivity (Wildman–Crippen MR) is 129 cm³/mol. The van der Waals surface area contributed by atoms with Gasteiger partial charge in [-0.2, -0.15) is 0 Å². The zero-order valence-corrected chi connectivity index (χ0v) is 19.6. The summed E-state index contributed by atoms with van der Waals surface area (Å²) in [6.45, 7) is 6.13. The molecule has 2 heterocycles. The van der Waals surface area contributed by atoms with Crippen LogP contribution in [0, 0.1) is 12.8 Å². The topological polar surface area (TPSA) is 30.3 Å². The molecule has 31 heavy (non-hydrogen) atoms. The van der Waals surface area contributed by atoms with Crippen LogP contribution >= 0.6 is 11.6 Å². The number of likely N-dealkylation sites (tertiary alicyclic amines) is 1. The highest BCUT2D eigenvalue weighted by atomic mass is 35.5. The number of halogens is 1. The lowest BCUT2D eigenvalue weighted by Gasteiger charge is -2.29. The van der Waals surface area contributed by atoms with E-state index in [-0.39, 0.29) is 0 Å². The Bertz CT molecular complexity index is 982. The van der Waals surface area contributed by atoms with Crippen LogP contribution in [0.25, 0.3) is 11.0 Å². The number of aromatic nitrogens is 2. The Hall–Kier alpha value is -2.04. The molecule has 4 rings (SSSR count). The Kier molecular flexibility index (Phi) is 7.52. The van der Waals surface area contributed by atoms with Crippen molar-refractivity contribution in [2.24, 2.45) is 5.92 Å². The number of nitrogens with zero attached hydrogens (tertiary/aromatic N) is 3. The molecule has 0 amide bonds. The molecule has 0 bridgehead atoms. The average Bonchev–Trinajstić information content (AvgIpc) is 3.12. The van der Waals surface area contributed by atoms with Gasteiger partial charge in [-0.1, -0.05) is 36.6 Å². The predicted octanol–water partition coefficient (Wildman–Crippen LogP) is 6.48. The molecule has 3 aromatic rings. The van der Waals surface area contributed by atoms with E-state index in [2.05, 4.69) is 41.6 Å². The van der Waals surface area contributed by atoms with Crippen LogP contribution in [0.15, 0.2) is 42.5 Å². The highest BCUT2D eigenvalue weighted by Gasteiger charge is 2.17. The van der Waals surface area contributed by atoms with E-state index in [1.807, 2.05) is 24.3 Å². The Labute approximate surface area is 191 Å². The van der Waals surface area contributed by atoms with Crippen molar-refractivity contribution < 1.29 is 4.74 Å². The second kappa shape index (κ2) is 10.5. The standard InChI is InChI=1S/C26H34ClN3O/c1-20-8-6-11-24-26(20)28-25(19-31-23-14-12-22(27)13-15-23)30(24)17-5-3-4-9-21-10-7-16-29(2)18-21/h6,8,11-15,21H,3-5,7,9-10,16-19H2,1-2H3. The zero-order valence-electron chi connectivity index (χ0n) is 18.8. The van der Waals surface area contributed by atoms with Crippen LogP contribution in [-0.4, -0.2) is 34.6 Å². The fourth-order valence-electron chi connectivity index (χ4n) is 4.76. The number of unbranched alkanes of at least 4 members (excludes halogenated alkanes) is 2. The molecule has 1 aliphatic heterocycles. The number of imidazole rings is 1. The summed E-state index contributed by atoms with van der Waals surface area (Å²) in [6, 6.07) is 14.0. The van der Waals surface area contributed by atoms with Crippen LogP contribution in [0.5, 0.6) is 5.75 Å². The van der Waals surface area contributed by atoms with E-state index in [4.69, 9.17) is 21.3 Å². The summed E-state index contributed by atoms with van der Waals surface area (Å²) in [5, 5.41) is 0.718. The monoisotopic (exact) mass is 439 g/mol. The number of rotatable bonds is 9. The van der Waals surface area contributed by atoms with Gasteiger partial charge in [-0.25, -0.2) is 4.98 Å². The summed E-state index contributed by atoms with van der Waals surface area (Å²) >= 11 is 5.99. The van der Waals surface area contributed by atoms with Gasteiger partial charge in [-0.3, -0.25) is 0 Å². The molecule has 4 nitrogen and oxygen atoms in total. The Balaban J connectivity index is 1.37. The first-order valence-electron chi connectivity index (χ1n) is 11.6. The molecule has 0 aliphatic carbocycles. The smallest absolute Gasteiger partial charge is 0.148 e. The Morgan fingerprint density at radius 2 is 1.94 bits per heavy atom. The number of fused-ring (bicyclic) bond motifs is 1. The molecular formula is C26H34ClN3O. The van der Waals surface area contributed by atoms with E-state index in [0.717, 1.165) is 34.6 Å². The molecule has 1 unspecified atom stereocenters. The number of piperidine rings is 1. The van der Waals surface area contributed by atoms with Crippen molar-refractivity contribution in [3.63, 3.8) is 0 Å². The highest BCUT2D eigenvalue weighted by Crippen LogP contribution is 2.24. The number of ether oxygens (including phenoxy) is 1. The molecular weight excluding hydrogens is 406 g/mol. The molecule has 1 aromatic heterocycles. The third kappa shape index (κ3) is 5.81. The van der Waals surface area contributed by atoms with Crippen molar-refractivity contribution in [1.29, 1.82) is 0 Å². The lowest BCUT2D eigenvalue weighted by Crippen LogP contribution is -2.31. The summed E-state index contributed by atoms with van der Waals surface area (Å²) in [6.07, 6.45) is 7.89. The lowest BCUT2D eigenvalue weighted by atomic mass is 9.93. The Morgan fingerprint density at radius 1 is 1.10 bits per heavy atom. The first kappa shape index (κ1) is 22.2. The van der Waals surface area contributed by atoms with Crippen molar-refractivity contribution in [2.45, 2.75) is 58.6 Å². The van der Waals surface area contributed by atoms with Gasteiger partial charge >= 0.3 is 0 Å². The van der Waals surface area contributed by atoms with Crippen LogP contribution in [0.4, 0.5) is 0 Å². The van der Waals surface area contributed by atoms with Crippen molar-refractivity contribution in [2.75, 3.05) is 20.1 Å². The largest absolute Gasteiger partial charge is 0.486 e. The van der Waals surface area contributed by atoms with Crippen LogP contribution in [-0.2, 0) is 13.2 Å². The van der Waals surface area contributed by atoms with Gasteiger partial charge in [0.05, 0.1) is 11.0 Å². The second-order valence-corrected chi connectivity index (χ2v) is 9.42. The van der Waals surface area contributed by atoms with Crippen molar-refractivity contribution in [3.05, 3.63) is 58.9 Å². The summed E-state index contributed by atoms with van der Waals surface area (Å²) in [4.78, 5) is 7.42. The van der Waals surface area contributed by atoms with E-state index in [0.29, 0.717) is 6.61 Å². The third-order valence-corrected chi connectivity index (χ3v) is 6.71. The number of benzene rings is 2. The van der Waals surface area contributed by atoms with Crippen LogP contribution < -0.4 is 4.74 Å². The molecule has 0 N–H and O–H groups in total. The maximum absolute atomic E-state index is 6.03. The maximum atomic E-state index is 6.03. The van der Waals surface area contributed by atoms with Gasteiger partial charge < -0.3 is 14.2 Å². The minimum absolute atomic E-state index is 0.462. The van der Waals surface area contributed by atoms with Crippen LogP contribution in [0.3, 0.4) is 0 Å². The van der Waals surface area contributed by atoms with E-state index in [1.54, 1.807) is 0 Å². The quantitative estimate of drug-likeness (QED) is 0.357. The molecule has 1 aliphatic rings. The summed E-state index contributed by atoms with van der Waals surface area (Å²) in [5.74, 6) is 2.70. The second-order valence-electron chi connectivity index (χ2n) is 8.98. The van der Waals surface area contributed by atoms with Crippen molar-refractivity contribution >= 4 is 22.6 Å². The highest BCUT2D eigenvalue weighted by molar-refractivity contribution is 6.30. The van der Waals surface area contributed by atoms with Crippen LogP contribution in [0.1, 0.15) is 49.9 Å². The Morgan fingerprint density at radius 3 is 2.74 bits per heavy atom. The van der Waals surface area contributed by atoms with Gasteiger partial charge in [0.1, 0.15) is 18.2 Å². The summed E-state index contributed by atoms with van der Waals surface area (Å²) < 4.78 is 8.38. The molecule has 0 radical (unpaired) electrons. The zero-order chi connectivity index (χ0) is 21.6. The normalized spacial score (nSPS) is 17.3. The van der Waals surface area contributed by atoms with Gasteiger partial charge in [-0.05, 0) is 88.0 Å². The number of aryl methyl sites for hydroxylation is 2. The molecule has 1 fully saturated rings. The van der Waals surface area contributed by atoms with Crippen molar-refractivity contribution in [1.82, 2.24) is 14.5 Å². The minimum Gasteiger partial charge on any atom is -0.486 e. The molecule has 166 valence electrons. The van der Waals surface area contributed by atoms with Crippen LogP contribution in [0.2, 0.25) is 5.02 Å². The number of para-hydroxylation sites is 1. The average molecular weight is 440 g/mol. The fourth-order valence-corrected chi connectivity index (χ4v) is 4.89. The van der Waals surface area contributed by atoms with Gasteiger partial charge in [0.25, 0.3) is 0 Å². The van der Waals surface area contributed by atoms with Gasteiger partial charge in [0.15, 0.2) is 0 Å². The molecule has 1 saturated heterocycles. The molecule has 1 atom stereocenters. The molecule has 5 heteroatoms. The van der Waals surface area contributed by atoms with Crippen molar-refractivity contribution in [3.8, 4) is 5.75 Å². The maximum Gasteiger partial charge on any atom is 0.148 e. The van der Waals surface area contributed by atoms with E-state index in [1.165, 1.54) is 62.7 Å². The first-order chi connectivity index (χ1) is 15.1. The SMILES string of the molecule is Cc1cccc2c1nc(COc1ccc(Cl)cc1)n2CCCCCC1CCCN(C)C1. The van der Waals surface area contributed by atoms with Gasteiger partial charge in [0.2, 0.25) is 0 Å². The fraction of sp³-hybridized carbons (Fsp3) is 0.500. The molecule has 0 spiro atoms. The summed E-state index contributed by atoms with van der Waals surface area (Å²) in [7, 11) is 2.26. The van der Waals surface area contributed by atoms with E-state index < -0.39 is 0 Å². The number of hydrogen-bond acceptors (Lipinski definition) is 3. The summed E-state index contributed by atoms with van der Waals surface area (Å²) in [5.41, 5.74) is 3.51. The van der Waals surface area contributed by atoms with E-state index in [9.17, 15) is 0 Å². The number of hydrogen-bond donors (Lipinski definition) is 0. The first-order valence-corrected chi connectivity index (χ1v) is 12.0. The molecule has 2 aromatic carbocycles. The van der Waals surface area contributed by atoms with Gasteiger partial charge in [-0.15, -0.1) is 0 Å².